The van der Waals surface area contributed by atoms with Gasteiger partial charge in [0.25, 0.3) is 5.69 Å². The minimum atomic E-state index is -0.431. The summed E-state index contributed by atoms with van der Waals surface area (Å²) in [5.41, 5.74) is 1.60. The lowest BCUT2D eigenvalue weighted by molar-refractivity contribution is -0.384. The molecule has 19 heavy (non-hydrogen) atoms. The molecule has 2 unspecified atom stereocenters. The lowest BCUT2D eigenvalue weighted by Crippen LogP contribution is -2.18. The molecule has 0 aromatic heterocycles. The molecule has 0 heterocycles. The lowest BCUT2D eigenvalue weighted by atomic mass is 10.1. The first-order chi connectivity index (χ1) is 9.01. The van der Waals surface area contributed by atoms with Gasteiger partial charge in [-0.3, -0.25) is 10.1 Å². The maximum absolute atomic E-state index is 10.8. The van der Waals surface area contributed by atoms with Gasteiger partial charge in [0, 0.05) is 25.3 Å². The maximum atomic E-state index is 10.8. The monoisotopic (exact) mass is 284 g/mol. The van der Waals surface area contributed by atoms with Crippen LogP contribution in [0.5, 0.6) is 0 Å². The van der Waals surface area contributed by atoms with E-state index in [2.05, 4.69) is 5.32 Å². The number of halogens is 1. The Balaban J connectivity index is 2.15. The van der Waals surface area contributed by atoms with Crippen molar-refractivity contribution in [3.8, 4) is 0 Å². The average Bonchev–Trinajstić information content (AvgIpc) is 2.81. The van der Waals surface area contributed by atoms with Gasteiger partial charge in [0.2, 0.25) is 0 Å². The van der Waals surface area contributed by atoms with E-state index in [1.165, 1.54) is 12.1 Å². The molecule has 1 aliphatic carbocycles. The van der Waals surface area contributed by atoms with E-state index in [1.54, 1.807) is 7.11 Å². The molecule has 104 valence electrons. The fourth-order valence-corrected chi connectivity index (χ4v) is 2.82. The molecule has 2 atom stereocenters. The van der Waals surface area contributed by atoms with Crippen LogP contribution in [0.3, 0.4) is 0 Å². The van der Waals surface area contributed by atoms with E-state index in [1.807, 2.05) is 6.92 Å². The van der Waals surface area contributed by atoms with Gasteiger partial charge in [-0.1, -0.05) is 11.6 Å². The summed E-state index contributed by atoms with van der Waals surface area (Å²) in [5, 5.41) is 14.5. The van der Waals surface area contributed by atoms with Gasteiger partial charge < -0.3 is 10.1 Å². The number of non-ortho nitro benzene ring substituents is 1. The number of anilines is 1. The summed E-state index contributed by atoms with van der Waals surface area (Å²) in [6, 6.07) is 3.24. The number of nitro benzene ring substituents is 1. The van der Waals surface area contributed by atoms with E-state index < -0.39 is 4.92 Å². The van der Waals surface area contributed by atoms with Crippen molar-refractivity contribution >= 4 is 23.0 Å². The van der Waals surface area contributed by atoms with Crippen molar-refractivity contribution in [2.24, 2.45) is 0 Å². The summed E-state index contributed by atoms with van der Waals surface area (Å²) < 4.78 is 5.33. The Morgan fingerprint density at radius 2 is 2.21 bits per heavy atom. The summed E-state index contributed by atoms with van der Waals surface area (Å²) in [7, 11) is 1.72. The molecule has 1 N–H and O–H groups in total. The van der Waals surface area contributed by atoms with Gasteiger partial charge in [-0.25, -0.2) is 0 Å². The molecule has 0 radical (unpaired) electrons. The van der Waals surface area contributed by atoms with Crippen LogP contribution in [0.1, 0.15) is 24.8 Å². The second kappa shape index (κ2) is 5.75. The van der Waals surface area contributed by atoms with Gasteiger partial charge in [-0.2, -0.15) is 0 Å². The van der Waals surface area contributed by atoms with Crippen LogP contribution in [0.15, 0.2) is 12.1 Å². The molecule has 0 amide bonds. The Morgan fingerprint density at radius 1 is 1.47 bits per heavy atom. The van der Waals surface area contributed by atoms with E-state index in [4.69, 9.17) is 16.3 Å². The van der Waals surface area contributed by atoms with Crippen LogP contribution in [0.25, 0.3) is 0 Å². The van der Waals surface area contributed by atoms with Crippen molar-refractivity contribution in [2.75, 3.05) is 12.4 Å². The van der Waals surface area contributed by atoms with Crippen LogP contribution < -0.4 is 5.32 Å². The molecule has 6 heteroatoms. The van der Waals surface area contributed by atoms with Crippen molar-refractivity contribution in [1.82, 2.24) is 0 Å². The summed E-state index contributed by atoms with van der Waals surface area (Å²) in [6.45, 7) is 1.82. The number of benzene rings is 1. The van der Waals surface area contributed by atoms with Crippen LogP contribution in [0, 0.1) is 17.0 Å². The van der Waals surface area contributed by atoms with E-state index in [9.17, 15) is 10.1 Å². The van der Waals surface area contributed by atoms with Crippen molar-refractivity contribution in [2.45, 2.75) is 38.3 Å². The van der Waals surface area contributed by atoms with Crippen LogP contribution in [-0.2, 0) is 4.74 Å². The average molecular weight is 285 g/mol. The second-order valence-corrected chi connectivity index (χ2v) is 5.30. The Hall–Kier alpha value is -1.33. The quantitative estimate of drug-likeness (QED) is 0.678. The molecule has 1 aliphatic rings. The molecule has 1 saturated carbocycles. The summed E-state index contributed by atoms with van der Waals surface area (Å²) in [4.78, 5) is 10.3. The van der Waals surface area contributed by atoms with Crippen molar-refractivity contribution in [1.29, 1.82) is 0 Å². The molecule has 2 rings (SSSR count). The molecule has 5 nitrogen and oxygen atoms in total. The van der Waals surface area contributed by atoms with Crippen molar-refractivity contribution < 1.29 is 9.66 Å². The van der Waals surface area contributed by atoms with Crippen LogP contribution in [0.4, 0.5) is 11.4 Å². The number of rotatable bonds is 4. The highest BCUT2D eigenvalue weighted by Gasteiger charge is 2.25. The molecular formula is C13H17ClN2O3. The zero-order valence-corrected chi connectivity index (χ0v) is 11.7. The first-order valence-corrected chi connectivity index (χ1v) is 6.63. The minimum absolute atomic E-state index is 0.0224. The largest absolute Gasteiger partial charge is 0.381 e. The Kier molecular flexibility index (Phi) is 4.27. The van der Waals surface area contributed by atoms with E-state index >= 15 is 0 Å². The normalized spacial score (nSPS) is 22.5. The van der Waals surface area contributed by atoms with Gasteiger partial charge >= 0.3 is 0 Å². The number of ether oxygens (including phenoxy) is 1. The Bertz CT molecular complexity index is 470. The lowest BCUT2D eigenvalue weighted by Gasteiger charge is -2.17. The Labute approximate surface area is 117 Å². The topological polar surface area (TPSA) is 64.4 Å². The fraction of sp³-hybridized carbons (Fsp3) is 0.538. The second-order valence-electron chi connectivity index (χ2n) is 4.89. The molecule has 0 bridgehead atoms. The van der Waals surface area contributed by atoms with Gasteiger partial charge in [0.1, 0.15) is 0 Å². The smallest absolute Gasteiger partial charge is 0.271 e. The number of nitrogens with zero attached hydrogens (tertiary/aromatic N) is 1. The third-order valence-corrected chi connectivity index (χ3v) is 3.85. The predicted molar refractivity (Wildman–Crippen MR) is 74.9 cm³/mol. The maximum Gasteiger partial charge on any atom is 0.271 e. The predicted octanol–water partition coefficient (Wildman–Crippen LogP) is 3.54. The van der Waals surface area contributed by atoms with E-state index in [0.717, 1.165) is 30.5 Å². The minimum Gasteiger partial charge on any atom is -0.381 e. The summed E-state index contributed by atoms with van der Waals surface area (Å²) in [5.74, 6) is 0. The first kappa shape index (κ1) is 14.1. The van der Waals surface area contributed by atoms with Gasteiger partial charge in [-0.15, -0.1) is 0 Å². The molecule has 0 aliphatic heterocycles. The molecule has 0 spiro atoms. The number of methoxy groups -OCH3 is 1. The highest BCUT2D eigenvalue weighted by atomic mass is 35.5. The van der Waals surface area contributed by atoms with E-state index in [-0.39, 0.29) is 11.8 Å². The molecular weight excluding hydrogens is 268 g/mol. The molecule has 1 aromatic rings. The first-order valence-electron chi connectivity index (χ1n) is 6.25. The highest BCUT2D eigenvalue weighted by Crippen LogP contribution is 2.33. The summed E-state index contributed by atoms with van der Waals surface area (Å²) in [6.07, 6.45) is 3.27. The molecule has 1 fully saturated rings. The van der Waals surface area contributed by atoms with Gasteiger partial charge in [0.05, 0.1) is 21.7 Å². The van der Waals surface area contributed by atoms with Crippen LogP contribution in [0.2, 0.25) is 5.02 Å². The summed E-state index contributed by atoms with van der Waals surface area (Å²) >= 11 is 6.13. The molecule has 1 aromatic carbocycles. The molecule has 0 saturated heterocycles. The Morgan fingerprint density at radius 3 is 2.74 bits per heavy atom. The zero-order valence-electron chi connectivity index (χ0n) is 11.0. The third-order valence-electron chi connectivity index (χ3n) is 3.55. The van der Waals surface area contributed by atoms with Gasteiger partial charge in [0.15, 0.2) is 0 Å². The number of nitro groups is 1. The number of nitrogens with one attached hydrogen (secondary N) is 1. The third kappa shape index (κ3) is 3.16. The number of hydrogen-bond donors (Lipinski definition) is 1. The fourth-order valence-electron chi connectivity index (χ4n) is 2.50. The van der Waals surface area contributed by atoms with Crippen molar-refractivity contribution in [3.63, 3.8) is 0 Å². The number of aryl methyl sites for hydroxylation is 1. The highest BCUT2D eigenvalue weighted by molar-refractivity contribution is 6.33. The van der Waals surface area contributed by atoms with Crippen LogP contribution >= 0.6 is 11.6 Å². The van der Waals surface area contributed by atoms with Crippen molar-refractivity contribution in [3.05, 3.63) is 32.8 Å². The SMILES string of the molecule is COC1CCC(Nc2c(C)cc([N+](=O)[O-])cc2Cl)C1. The van der Waals surface area contributed by atoms with E-state index in [0.29, 0.717) is 11.1 Å². The number of hydrogen-bond acceptors (Lipinski definition) is 4. The zero-order chi connectivity index (χ0) is 14.0. The van der Waals surface area contributed by atoms with Gasteiger partial charge in [-0.05, 0) is 31.7 Å². The standard InChI is InChI=1S/C13H17ClN2O3/c1-8-5-10(16(17)18)7-12(14)13(8)15-9-3-4-11(6-9)19-2/h5,7,9,11,15H,3-4,6H2,1-2H3. The van der Waals surface area contributed by atoms with Crippen LogP contribution in [-0.4, -0.2) is 24.2 Å².